The van der Waals surface area contributed by atoms with Crippen LogP contribution in [0, 0.1) is 0 Å². The van der Waals surface area contributed by atoms with Crippen molar-refractivity contribution in [2.24, 2.45) is 0 Å². The number of hydrogen-bond acceptors (Lipinski definition) is 4. The minimum atomic E-state index is -1.21. The average Bonchev–Trinajstić information content (AvgIpc) is 2.94. The largest absolute Gasteiger partial charge is 0.497 e. The highest BCUT2D eigenvalue weighted by atomic mass is 16.5. The number of hydrogen-bond donors (Lipinski definition) is 1. The number of ether oxygens (including phenoxy) is 1. The van der Waals surface area contributed by atoms with Gasteiger partial charge in [-0.2, -0.15) is 0 Å². The molecular formula is C22H27N3O4. The molecule has 1 heterocycles. The van der Waals surface area contributed by atoms with Gasteiger partial charge in [-0.3, -0.25) is 14.5 Å². The van der Waals surface area contributed by atoms with Crippen LogP contribution in [-0.4, -0.2) is 54.9 Å². The van der Waals surface area contributed by atoms with Crippen LogP contribution < -0.4 is 10.1 Å². The number of nitrogens with zero attached hydrogens (tertiary/aromatic N) is 2. The van der Waals surface area contributed by atoms with E-state index in [9.17, 15) is 14.4 Å². The fraction of sp³-hybridized carbons (Fsp3) is 0.409. The highest BCUT2D eigenvalue weighted by molar-refractivity contribution is 6.09. The maximum atomic E-state index is 13.1. The summed E-state index contributed by atoms with van der Waals surface area (Å²) in [5, 5.41) is 4.66. The lowest BCUT2D eigenvalue weighted by atomic mass is 9.90. The van der Waals surface area contributed by atoms with Gasteiger partial charge in [0.05, 0.1) is 7.11 Å². The molecule has 1 fully saturated rings. The van der Waals surface area contributed by atoms with Gasteiger partial charge < -0.3 is 15.0 Å². The fourth-order valence-electron chi connectivity index (χ4n) is 3.47. The van der Waals surface area contributed by atoms with Crippen LogP contribution in [0.15, 0.2) is 36.4 Å². The summed E-state index contributed by atoms with van der Waals surface area (Å²) in [6.45, 7) is 4.06. The van der Waals surface area contributed by atoms with Crippen LogP contribution in [0.2, 0.25) is 0 Å². The molecule has 7 nitrogen and oxygen atoms in total. The van der Waals surface area contributed by atoms with Crippen LogP contribution in [0.1, 0.15) is 32.3 Å². The van der Waals surface area contributed by atoms with E-state index in [1.165, 1.54) is 0 Å². The lowest BCUT2D eigenvalue weighted by Crippen LogP contribution is -2.43. The van der Waals surface area contributed by atoms with Gasteiger partial charge >= 0.3 is 6.03 Å². The Hall–Kier alpha value is -3.09. The van der Waals surface area contributed by atoms with Gasteiger partial charge in [0.2, 0.25) is 5.91 Å². The molecule has 0 aliphatic carbocycles. The first kappa shape index (κ1) is 20.6. The summed E-state index contributed by atoms with van der Waals surface area (Å²) in [5.74, 6) is 0.0722. The minimum Gasteiger partial charge on any atom is -0.497 e. The Balaban J connectivity index is 1.83. The van der Waals surface area contributed by atoms with Crippen molar-refractivity contribution in [3.63, 3.8) is 0 Å². The second-order valence-electron chi connectivity index (χ2n) is 7.54. The van der Waals surface area contributed by atoms with Crippen LogP contribution in [0.5, 0.6) is 5.75 Å². The Morgan fingerprint density at radius 1 is 1.17 bits per heavy atom. The van der Waals surface area contributed by atoms with E-state index in [1.807, 2.05) is 43.3 Å². The first-order valence-electron chi connectivity index (χ1n) is 9.76. The lowest BCUT2D eigenvalue weighted by molar-refractivity contribution is -0.138. The van der Waals surface area contributed by atoms with Crippen molar-refractivity contribution in [2.75, 3.05) is 27.2 Å². The van der Waals surface area contributed by atoms with Crippen molar-refractivity contribution in [3.8, 4) is 5.75 Å². The van der Waals surface area contributed by atoms with E-state index in [1.54, 1.807) is 26.0 Å². The third-order valence-corrected chi connectivity index (χ3v) is 5.47. The molecule has 0 bridgehead atoms. The van der Waals surface area contributed by atoms with Gasteiger partial charge in [0.25, 0.3) is 5.91 Å². The first-order valence-corrected chi connectivity index (χ1v) is 9.76. The Kier molecular flexibility index (Phi) is 5.77. The van der Waals surface area contributed by atoms with Crippen molar-refractivity contribution in [1.29, 1.82) is 0 Å². The molecular weight excluding hydrogens is 370 g/mol. The van der Waals surface area contributed by atoms with E-state index in [2.05, 4.69) is 5.32 Å². The number of methoxy groups -OCH3 is 1. The highest BCUT2D eigenvalue weighted by Crippen LogP contribution is 2.32. The van der Waals surface area contributed by atoms with Gasteiger partial charge in [0.1, 0.15) is 17.8 Å². The van der Waals surface area contributed by atoms with Crippen molar-refractivity contribution in [3.05, 3.63) is 42.0 Å². The maximum Gasteiger partial charge on any atom is 0.325 e. The molecule has 7 heteroatoms. The second kappa shape index (κ2) is 8.11. The van der Waals surface area contributed by atoms with E-state index in [4.69, 9.17) is 4.74 Å². The molecule has 4 amide bonds. The van der Waals surface area contributed by atoms with Crippen molar-refractivity contribution in [1.82, 2.24) is 15.1 Å². The molecule has 154 valence electrons. The SMILES string of the molecule is CCCCN(C)C(=O)CN1C(=O)N[C@](C)(c2ccc3cc(OC)ccc3c2)C1=O. The van der Waals surface area contributed by atoms with Gasteiger partial charge in [-0.25, -0.2) is 4.79 Å². The number of carbonyl (C=O) groups is 3. The van der Waals surface area contributed by atoms with Crippen molar-refractivity contribution < 1.29 is 19.1 Å². The van der Waals surface area contributed by atoms with Crippen LogP contribution in [0.4, 0.5) is 4.79 Å². The quantitative estimate of drug-likeness (QED) is 0.729. The van der Waals surface area contributed by atoms with Crippen LogP contribution in [0.3, 0.4) is 0 Å². The highest BCUT2D eigenvalue weighted by Gasteiger charge is 2.49. The number of likely N-dealkylation sites (N-methyl/N-ethyl adjacent to an activating group) is 1. The van der Waals surface area contributed by atoms with E-state index < -0.39 is 17.5 Å². The van der Waals surface area contributed by atoms with Crippen LogP contribution in [0.25, 0.3) is 10.8 Å². The molecule has 2 aromatic rings. The molecule has 29 heavy (non-hydrogen) atoms. The molecule has 1 aliphatic rings. The summed E-state index contributed by atoms with van der Waals surface area (Å²) in [6, 6.07) is 10.7. The number of unbranched alkanes of at least 4 members (excludes halogenated alkanes) is 1. The molecule has 3 rings (SSSR count). The van der Waals surface area contributed by atoms with E-state index in [-0.39, 0.29) is 12.5 Å². The number of rotatable bonds is 7. The number of benzene rings is 2. The van der Waals surface area contributed by atoms with Crippen molar-refractivity contribution >= 4 is 28.6 Å². The number of imide groups is 1. The third kappa shape index (κ3) is 3.90. The zero-order valence-electron chi connectivity index (χ0n) is 17.3. The Morgan fingerprint density at radius 2 is 1.86 bits per heavy atom. The summed E-state index contributed by atoms with van der Waals surface area (Å²) in [7, 11) is 3.30. The molecule has 1 atom stereocenters. The topological polar surface area (TPSA) is 79.0 Å². The van der Waals surface area contributed by atoms with Gasteiger partial charge in [0, 0.05) is 13.6 Å². The summed E-state index contributed by atoms with van der Waals surface area (Å²) in [5.41, 5.74) is -0.546. The molecule has 1 aliphatic heterocycles. The normalized spacial score (nSPS) is 18.8. The molecule has 0 radical (unpaired) electrons. The van der Waals surface area contributed by atoms with Crippen LogP contribution >= 0.6 is 0 Å². The summed E-state index contributed by atoms with van der Waals surface area (Å²) < 4.78 is 5.24. The molecule has 1 N–H and O–H groups in total. The van der Waals surface area contributed by atoms with E-state index >= 15 is 0 Å². The zero-order valence-corrected chi connectivity index (χ0v) is 17.3. The smallest absolute Gasteiger partial charge is 0.325 e. The first-order chi connectivity index (χ1) is 13.8. The monoisotopic (exact) mass is 397 g/mol. The van der Waals surface area contributed by atoms with Gasteiger partial charge in [-0.05, 0) is 47.9 Å². The predicted molar refractivity (Wildman–Crippen MR) is 111 cm³/mol. The molecule has 0 saturated carbocycles. The Bertz CT molecular complexity index is 958. The molecule has 0 aromatic heterocycles. The van der Waals surface area contributed by atoms with E-state index in [0.29, 0.717) is 12.1 Å². The Morgan fingerprint density at radius 3 is 2.55 bits per heavy atom. The van der Waals surface area contributed by atoms with Gasteiger partial charge in [-0.15, -0.1) is 0 Å². The lowest BCUT2D eigenvalue weighted by Gasteiger charge is -2.23. The maximum absolute atomic E-state index is 13.1. The number of amides is 4. The summed E-state index contributed by atoms with van der Waals surface area (Å²) in [4.78, 5) is 40.6. The van der Waals surface area contributed by atoms with Gasteiger partial charge in [-0.1, -0.05) is 31.5 Å². The van der Waals surface area contributed by atoms with Crippen molar-refractivity contribution in [2.45, 2.75) is 32.2 Å². The zero-order chi connectivity index (χ0) is 21.2. The number of fused-ring (bicyclic) bond motifs is 1. The molecule has 0 spiro atoms. The Labute approximate surface area is 170 Å². The minimum absolute atomic E-state index is 0.253. The standard InChI is InChI=1S/C22H27N3O4/c1-5-6-11-24(3)19(26)14-25-20(27)22(2,23-21(25)28)17-9-7-16-13-18(29-4)10-8-15(16)12-17/h7-10,12-13H,5-6,11,14H2,1-4H3,(H,23,28)/t22-/m1/s1. The fourth-order valence-corrected chi connectivity index (χ4v) is 3.47. The number of urea groups is 1. The summed E-state index contributed by atoms with van der Waals surface area (Å²) in [6.07, 6.45) is 1.84. The predicted octanol–water partition coefficient (Wildman–Crippen LogP) is 2.87. The summed E-state index contributed by atoms with van der Waals surface area (Å²) >= 11 is 0. The number of carbonyl (C=O) groups excluding carboxylic acids is 3. The van der Waals surface area contributed by atoms with Crippen LogP contribution in [-0.2, 0) is 15.1 Å². The third-order valence-electron chi connectivity index (χ3n) is 5.47. The molecule has 2 aromatic carbocycles. The molecule has 0 unspecified atom stereocenters. The number of nitrogens with one attached hydrogen (secondary N) is 1. The molecule has 1 saturated heterocycles. The second-order valence-corrected chi connectivity index (χ2v) is 7.54. The average molecular weight is 397 g/mol. The van der Waals surface area contributed by atoms with E-state index in [0.717, 1.165) is 34.3 Å². The van der Waals surface area contributed by atoms with Gasteiger partial charge in [0.15, 0.2) is 0 Å².